The Bertz CT molecular complexity index is 664. The summed E-state index contributed by atoms with van der Waals surface area (Å²) >= 11 is 5.91. The number of hydrogen-bond acceptors (Lipinski definition) is 4. The summed E-state index contributed by atoms with van der Waals surface area (Å²) in [4.78, 5) is 12.0. The molecule has 0 aliphatic heterocycles. The third kappa shape index (κ3) is 7.46. The molecule has 1 atom stereocenters. The molecule has 0 aliphatic carbocycles. The van der Waals surface area contributed by atoms with E-state index in [0.717, 1.165) is 24.2 Å². The van der Waals surface area contributed by atoms with E-state index in [0.29, 0.717) is 10.8 Å². The normalized spacial score (nSPS) is 11.0. The van der Waals surface area contributed by atoms with Crippen molar-refractivity contribution in [2.45, 2.75) is 25.8 Å². The fourth-order valence-corrected chi connectivity index (χ4v) is 2.44. The first-order chi connectivity index (χ1) is 12.1. The van der Waals surface area contributed by atoms with Crippen LogP contribution in [0, 0.1) is 0 Å². The Morgan fingerprint density at radius 1 is 1.08 bits per heavy atom. The average molecular weight is 388 g/mol. The summed E-state index contributed by atoms with van der Waals surface area (Å²) in [6.45, 7) is 1.89. The zero-order valence-corrected chi connectivity index (χ0v) is 15.1. The van der Waals surface area contributed by atoms with Gasteiger partial charge < -0.3 is 19.5 Å². The molecule has 0 saturated heterocycles. The minimum absolute atomic E-state index is 0. The molecule has 0 radical (unpaired) electrons. The van der Waals surface area contributed by atoms with Gasteiger partial charge in [-0.3, -0.25) is 0 Å². The molecule has 7 heteroatoms. The molecule has 0 aromatic heterocycles. The number of alkyl carbamates (subject to hydrolysis) is 1. The Kier molecular flexibility index (Phi) is 10.5. The van der Waals surface area contributed by atoms with E-state index in [-0.39, 0.29) is 42.4 Å². The van der Waals surface area contributed by atoms with Gasteiger partial charge in [0.1, 0.15) is 11.5 Å². The van der Waals surface area contributed by atoms with Gasteiger partial charge in [-0.05, 0) is 48.4 Å². The van der Waals surface area contributed by atoms with Crippen LogP contribution in [-0.4, -0.2) is 49.6 Å². The van der Waals surface area contributed by atoms with Gasteiger partial charge in [-0.25, -0.2) is 4.79 Å². The standard InChI is InChI=1S/C19H22ClNO4.Na.H/c1-3-4-18(14-5-7-15(20)8-6-14)21-19(22)25-13-24-17-11-9-16(23-2)10-12-17;;/h5-12,18H,3-4,13H2,1-2H3,(H,21,22);;. The van der Waals surface area contributed by atoms with E-state index < -0.39 is 6.09 Å². The van der Waals surface area contributed by atoms with Gasteiger partial charge in [0.05, 0.1) is 13.2 Å². The Labute approximate surface area is 181 Å². The third-order valence-electron chi connectivity index (χ3n) is 3.62. The van der Waals surface area contributed by atoms with E-state index in [1.54, 1.807) is 43.5 Å². The van der Waals surface area contributed by atoms with E-state index in [1.807, 2.05) is 12.1 Å². The van der Waals surface area contributed by atoms with Crippen molar-refractivity contribution in [1.29, 1.82) is 0 Å². The van der Waals surface area contributed by atoms with Crippen molar-refractivity contribution in [2.75, 3.05) is 13.9 Å². The van der Waals surface area contributed by atoms with Crippen LogP contribution in [0.3, 0.4) is 0 Å². The number of carbonyl (C=O) groups is 1. The van der Waals surface area contributed by atoms with Gasteiger partial charge in [-0.2, -0.15) is 0 Å². The summed E-state index contributed by atoms with van der Waals surface area (Å²) in [5.41, 5.74) is 0.985. The molecular weight excluding hydrogens is 365 g/mol. The van der Waals surface area contributed by atoms with E-state index in [2.05, 4.69) is 12.2 Å². The maximum atomic E-state index is 12.0. The Morgan fingerprint density at radius 3 is 2.27 bits per heavy atom. The second-order valence-corrected chi connectivity index (χ2v) is 5.84. The Hall–Kier alpha value is -1.40. The van der Waals surface area contributed by atoms with Crippen LogP contribution in [0.1, 0.15) is 31.4 Å². The topological polar surface area (TPSA) is 56.8 Å². The summed E-state index contributed by atoms with van der Waals surface area (Å²) in [5, 5.41) is 3.52. The second kappa shape index (κ2) is 12.1. The van der Waals surface area contributed by atoms with Crippen LogP contribution in [0.25, 0.3) is 0 Å². The first-order valence-electron chi connectivity index (χ1n) is 8.08. The Morgan fingerprint density at radius 2 is 1.69 bits per heavy atom. The van der Waals surface area contributed by atoms with Crippen LogP contribution in [-0.2, 0) is 4.74 Å². The van der Waals surface area contributed by atoms with Gasteiger partial charge in [0, 0.05) is 5.02 Å². The van der Waals surface area contributed by atoms with Crippen molar-refractivity contribution in [3.8, 4) is 11.5 Å². The Balaban J connectivity index is 0.00000338. The van der Waals surface area contributed by atoms with Crippen molar-refractivity contribution in [1.82, 2.24) is 5.32 Å². The molecular formula is C19H23ClNNaO4. The summed E-state index contributed by atoms with van der Waals surface area (Å²) in [7, 11) is 1.59. The molecule has 26 heavy (non-hydrogen) atoms. The van der Waals surface area contributed by atoms with Gasteiger partial charge >= 0.3 is 35.7 Å². The molecule has 2 aromatic carbocycles. The number of methoxy groups -OCH3 is 1. The molecule has 1 unspecified atom stereocenters. The van der Waals surface area contributed by atoms with Crippen molar-refractivity contribution in [3.05, 3.63) is 59.1 Å². The number of ether oxygens (including phenoxy) is 3. The van der Waals surface area contributed by atoms with Crippen LogP contribution in [0.5, 0.6) is 11.5 Å². The molecule has 5 nitrogen and oxygen atoms in total. The SMILES string of the molecule is CCCC(NC(=O)OCOc1ccc(OC)cc1)c1ccc(Cl)cc1.[NaH]. The zero-order chi connectivity index (χ0) is 18.1. The average Bonchev–Trinajstić information content (AvgIpc) is 2.62. The molecule has 0 heterocycles. The number of hydrogen-bond donors (Lipinski definition) is 1. The first-order valence-corrected chi connectivity index (χ1v) is 8.45. The van der Waals surface area contributed by atoms with Gasteiger partial charge in [0.2, 0.25) is 6.79 Å². The summed E-state index contributed by atoms with van der Waals surface area (Å²) < 4.78 is 15.5. The van der Waals surface area contributed by atoms with Gasteiger partial charge in [-0.15, -0.1) is 0 Å². The van der Waals surface area contributed by atoms with Gasteiger partial charge in [-0.1, -0.05) is 37.1 Å². The number of benzene rings is 2. The van der Waals surface area contributed by atoms with E-state index in [4.69, 9.17) is 25.8 Å². The first kappa shape index (κ1) is 22.6. The molecule has 0 bridgehead atoms. The third-order valence-corrected chi connectivity index (χ3v) is 3.87. The van der Waals surface area contributed by atoms with Crippen LogP contribution in [0.2, 0.25) is 5.02 Å². The minimum atomic E-state index is -0.526. The number of carbonyl (C=O) groups excluding carboxylic acids is 1. The maximum absolute atomic E-state index is 12.0. The van der Waals surface area contributed by atoms with Crippen molar-refractivity contribution in [3.63, 3.8) is 0 Å². The van der Waals surface area contributed by atoms with Crippen LogP contribution in [0.4, 0.5) is 4.79 Å². The van der Waals surface area contributed by atoms with Gasteiger partial charge in [0.25, 0.3) is 0 Å². The van der Waals surface area contributed by atoms with Crippen molar-refractivity contribution < 1.29 is 19.0 Å². The molecule has 1 N–H and O–H groups in total. The molecule has 136 valence electrons. The molecule has 0 aliphatic rings. The predicted molar refractivity (Wildman–Crippen MR) is 104 cm³/mol. The molecule has 0 spiro atoms. The van der Waals surface area contributed by atoms with E-state index in [9.17, 15) is 4.79 Å². The summed E-state index contributed by atoms with van der Waals surface area (Å²) in [6, 6.07) is 14.3. The number of amides is 1. The van der Waals surface area contributed by atoms with Crippen molar-refractivity contribution in [2.24, 2.45) is 0 Å². The second-order valence-electron chi connectivity index (χ2n) is 5.41. The van der Waals surface area contributed by atoms with E-state index >= 15 is 0 Å². The summed E-state index contributed by atoms with van der Waals surface area (Å²) in [5.74, 6) is 1.33. The number of rotatable bonds is 8. The predicted octanol–water partition coefficient (Wildman–Crippen LogP) is 4.30. The molecule has 0 fully saturated rings. The summed E-state index contributed by atoms with van der Waals surface area (Å²) in [6.07, 6.45) is 1.20. The van der Waals surface area contributed by atoms with Crippen LogP contribution >= 0.6 is 11.6 Å². The monoisotopic (exact) mass is 387 g/mol. The van der Waals surface area contributed by atoms with Gasteiger partial charge in [0.15, 0.2) is 0 Å². The fourth-order valence-electron chi connectivity index (χ4n) is 2.31. The van der Waals surface area contributed by atoms with Crippen molar-refractivity contribution >= 4 is 47.3 Å². The molecule has 2 aromatic rings. The van der Waals surface area contributed by atoms with Crippen LogP contribution < -0.4 is 14.8 Å². The zero-order valence-electron chi connectivity index (χ0n) is 14.3. The number of halogens is 1. The fraction of sp³-hybridized carbons (Fsp3) is 0.316. The molecule has 0 saturated carbocycles. The molecule has 2 rings (SSSR count). The number of nitrogens with one attached hydrogen (secondary N) is 1. The quantitative estimate of drug-likeness (QED) is 0.542. The molecule has 1 amide bonds. The van der Waals surface area contributed by atoms with Crippen LogP contribution in [0.15, 0.2) is 48.5 Å². The van der Waals surface area contributed by atoms with E-state index in [1.165, 1.54) is 0 Å².